The van der Waals surface area contributed by atoms with Crippen LogP contribution in [-0.2, 0) is 11.2 Å². The maximum absolute atomic E-state index is 14.3. The molecule has 2 unspecified atom stereocenters. The number of aromatic nitrogens is 3. The summed E-state index contributed by atoms with van der Waals surface area (Å²) in [5, 5.41) is 14.0. The molecule has 3 atom stereocenters. The summed E-state index contributed by atoms with van der Waals surface area (Å²) in [7, 11) is 0. The Bertz CT molecular complexity index is 1140. The summed E-state index contributed by atoms with van der Waals surface area (Å²) in [5.74, 6) is 0. The largest absolute Gasteiger partial charge is 0.408 e. The van der Waals surface area contributed by atoms with Crippen LogP contribution in [-0.4, -0.2) is 58.1 Å². The molecule has 2 aromatic rings. The Kier molecular flexibility index (Phi) is 7.42. The predicted molar refractivity (Wildman–Crippen MR) is 123 cm³/mol. The van der Waals surface area contributed by atoms with Crippen LogP contribution in [0.2, 0.25) is 0 Å². The lowest BCUT2D eigenvalue weighted by Gasteiger charge is -2.45. The van der Waals surface area contributed by atoms with Crippen LogP contribution < -0.4 is 10.5 Å². The SMILES string of the molecule is CCc1ncccc1C(N1CCN(c2cnn(C3CCCCO3)c(=O)c2C#N)[C@H](C)C1)C(F)(F)F. The molecule has 35 heavy (non-hydrogen) atoms. The Labute approximate surface area is 201 Å². The average molecular weight is 491 g/mol. The number of hydrogen-bond donors (Lipinski definition) is 0. The highest BCUT2D eigenvalue weighted by Crippen LogP contribution is 2.40. The van der Waals surface area contributed by atoms with Gasteiger partial charge in [0.25, 0.3) is 5.56 Å². The molecule has 0 aromatic carbocycles. The van der Waals surface area contributed by atoms with E-state index in [1.54, 1.807) is 18.7 Å². The van der Waals surface area contributed by atoms with Crippen molar-refractivity contribution in [3.05, 3.63) is 51.7 Å². The van der Waals surface area contributed by atoms with Crippen LogP contribution in [0.5, 0.6) is 0 Å². The van der Waals surface area contributed by atoms with Crippen molar-refractivity contribution in [1.29, 1.82) is 5.26 Å². The summed E-state index contributed by atoms with van der Waals surface area (Å²) in [5.41, 5.74) is 0.327. The highest BCUT2D eigenvalue weighted by atomic mass is 19.4. The first-order chi connectivity index (χ1) is 16.8. The molecule has 0 radical (unpaired) electrons. The van der Waals surface area contributed by atoms with Gasteiger partial charge < -0.3 is 9.64 Å². The van der Waals surface area contributed by atoms with Crippen molar-refractivity contribution in [3.63, 3.8) is 0 Å². The number of nitrogens with zero attached hydrogens (tertiary/aromatic N) is 6. The Balaban J connectivity index is 1.60. The number of piperazine rings is 1. The van der Waals surface area contributed by atoms with E-state index in [1.807, 2.05) is 6.07 Å². The van der Waals surface area contributed by atoms with Crippen LogP contribution in [0, 0.1) is 11.3 Å². The zero-order chi connectivity index (χ0) is 25.2. The number of ether oxygens (including phenoxy) is 1. The fraction of sp³-hybridized carbons (Fsp3) is 0.583. The van der Waals surface area contributed by atoms with Gasteiger partial charge in [0.1, 0.15) is 17.7 Å². The zero-order valence-corrected chi connectivity index (χ0v) is 19.8. The Hall–Kier alpha value is -2.97. The number of nitriles is 1. The molecule has 8 nitrogen and oxygen atoms in total. The summed E-state index contributed by atoms with van der Waals surface area (Å²) >= 11 is 0. The van der Waals surface area contributed by atoms with Gasteiger partial charge >= 0.3 is 6.18 Å². The normalized spacial score (nSPS) is 22.6. The van der Waals surface area contributed by atoms with Crippen LogP contribution in [0.3, 0.4) is 0 Å². The van der Waals surface area contributed by atoms with Gasteiger partial charge in [-0.15, -0.1) is 0 Å². The summed E-state index contributed by atoms with van der Waals surface area (Å²) in [6, 6.07) is 2.85. The van der Waals surface area contributed by atoms with E-state index < -0.39 is 24.0 Å². The molecule has 0 N–H and O–H groups in total. The number of halogens is 3. The molecule has 0 amide bonds. The van der Waals surface area contributed by atoms with Gasteiger partial charge in [-0.05, 0) is 44.2 Å². The molecule has 0 spiro atoms. The van der Waals surface area contributed by atoms with E-state index in [0.29, 0.717) is 30.8 Å². The predicted octanol–water partition coefficient (Wildman–Crippen LogP) is 3.59. The lowest BCUT2D eigenvalue weighted by atomic mass is 9.99. The first-order valence-electron chi connectivity index (χ1n) is 11.9. The highest BCUT2D eigenvalue weighted by molar-refractivity contribution is 5.58. The quantitative estimate of drug-likeness (QED) is 0.633. The van der Waals surface area contributed by atoms with Crippen LogP contribution in [0.1, 0.15) is 62.2 Å². The van der Waals surface area contributed by atoms with Crippen LogP contribution >= 0.6 is 0 Å². The van der Waals surface area contributed by atoms with Crippen molar-refractivity contribution in [2.45, 2.75) is 64.0 Å². The Morgan fingerprint density at radius 1 is 1.31 bits per heavy atom. The zero-order valence-electron chi connectivity index (χ0n) is 19.8. The third kappa shape index (κ3) is 5.04. The summed E-state index contributed by atoms with van der Waals surface area (Å²) in [4.78, 5) is 20.4. The van der Waals surface area contributed by atoms with Crippen LogP contribution in [0.15, 0.2) is 29.3 Å². The van der Waals surface area contributed by atoms with Crippen molar-refractivity contribution >= 4 is 5.69 Å². The number of pyridine rings is 1. The molecule has 2 aliphatic rings. The van der Waals surface area contributed by atoms with Crippen molar-refractivity contribution in [2.75, 3.05) is 31.1 Å². The second-order valence-electron chi connectivity index (χ2n) is 8.96. The van der Waals surface area contributed by atoms with Gasteiger partial charge in [-0.1, -0.05) is 13.0 Å². The Morgan fingerprint density at radius 3 is 2.74 bits per heavy atom. The standard InChI is InChI=1S/C24H29F3N6O2/c1-3-19-17(7-6-9-29-19)22(24(25,26)27)31-10-11-32(16(2)15-31)20-14-30-33(23(34)18(20)13-28)21-8-4-5-12-35-21/h6-7,9,14,16,21-22H,3-5,8,10-12,15H2,1-2H3/t16-,21?,22?/m1/s1. The second kappa shape index (κ2) is 10.3. The van der Waals surface area contributed by atoms with Crippen molar-refractivity contribution in [2.24, 2.45) is 0 Å². The number of hydrogen-bond acceptors (Lipinski definition) is 7. The lowest BCUT2D eigenvalue weighted by Crippen LogP contribution is -2.55. The van der Waals surface area contributed by atoms with E-state index in [0.717, 1.165) is 12.8 Å². The first kappa shape index (κ1) is 25.1. The minimum Gasteiger partial charge on any atom is -0.364 e. The van der Waals surface area contributed by atoms with Crippen LogP contribution in [0.4, 0.5) is 18.9 Å². The molecule has 2 aromatic heterocycles. The third-order valence-corrected chi connectivity index (χ3v) is 6.72. The fourth-order valence-corrected chi connectivity index (χ4v) is 5.06. The first-order valence-corrected chi connectivity index (χ1v) is 11.9. The molecule has 0 saturated carbocycles. The van der Waals surface area contributed by atoms with Crippen molar-refractivity contribution < 1.29 is 17.9 Å². The van der Waals surface area contributed by atoms with Gasteiger partial charge in [0.2, 0.25) is 0 Å². The minimum absolute atomic E-state index is 0.0672. The van der Waals surface area contributed by atoms with Crippen molar-refractivity contribution in [1.82, 2.24) is 19.7 Å². The maximum atomic E-state index is 14.3. The maximum Gasteiger partial charge on any atom is 0.408 e. The molecule has 188 valence electrons. The third-order valence-electron chi connectivity index (χ3n) is 6.72. The van der Waals surface area contributed by atoms with E-state index in [2.05, 4.69) is 10.1 Å². The number of rotatable bonds is 5. The van der Waals surface area contributed by atoms with Gasteiger partial charge in [-0.3, -0.25) is 14.7 Å². The topological polar surface area (TPSA) is 87.3 Å². The van der Waals surface area contributed by atoms with E-state index >= 15 is 0 Å². The van der Waals surface area contributed by atoms with Gasteiger partial charge in [0.15, 0.2) is 6.23 Å². The van der Waals surface area contributed by atoms with Crippen LogP contribution in [0.25, 0.3) is 0 Å². The summed E-state index contributed by atoms with van der Waals surface area (Å²) in [6.45, 7) is 4.53. The lowest BCUT2D eigenvalue weighted by molar-refractivity contribution is -0.188. The Morgan fingerprint density at radius 2 is 2.11 bits per heavy atom. The molecule has 2 saturated heterocycles. The minimum atomic E-state index is -4.48. The number of alkyl halides is 3. The van der Waals surface area contributed by atoms with Crippen molar-refractivity contribution in [3.8, 4) is 6.07 Å². The summed E-state index contributed by atoms with van der Waals surface area (Å²) in [6.07, 6.45) is 0.831. The molecule has 4 rings (SSSR count). The molecular formula is C24H29F3N6O2. The van der Waals surface area contributed by atoms with E-state index in [4.69, 9.17) is 4.74 Å². The molecule has 2 aliphatic heterocycles. The summed E-state index contributed by atoms with van der Waals surface area (Å²) < 4.78 is 49.6. The molecular weight excluding hydrogens is 461 g/mol. The average Bonchev–Trinajstić information content (AvgIpc) is 2.84. The molecule has 2 fully saturated rings. The number of aryl methyl sites for hydroxylation is 1. The molecule has 0 aliphatic carbocycles. The van der Waals surface area contributed by atoms with E-state index in [1.165, 1.54) is 34.1 Å². The highest BCUT2D eigenvalue weighted by Gasteiger charge is 2.47. The number of anilines is 1. The van der Waals surface area contributed by atoms with Gasteiger partial charge in [-0.25, -0.2) is 0 Å². The van der Waals surface area contributed by atoms with E-state index in [-0.39, 0.29) is 36.8 Å². The smallest absolute Gasteiger partial charge is 0.364 e. The van der Waals surface area contributed by atoms with Gasteiger partial charge in [0, 0.05) is 44.2 Å². The molecule has 4 heterocycles. The van der Waals surface area contributed by atoms with E-state index in [9.17, 15) is 23.2 Å². The molecule has 0 bridgehead atoms. The second-order valence-corrected chi connectivity index (χ2v) is 8.96. The van der Waals surface area contributed by atoms with Gasteiger partial charge in [-0.2, -0.15) is 28.2 Å². The fourth-order valence-electron chi connectivity index (χ4n) is 5.06. The molecule has 11 heteroatoms. The van der Waals surface area contributed by atoms with Gasteiger partial charge in [0.05, 0.1) is 11.9 Å². The monoisotopic (exact) mass is 490 g/mol.